The van der Waals surface area contributed by atoms with Crippen LogP contribution in [0.4, 0.5) is 0 Å². The standard InChI is InChI=1S/C17H18N2O6.C13H14O4.C4H4N2O2/c20-13-6-7-19(17(22)18-13)11-8-23-12-9-24-16(25-15(12)14(11)21)10-4-2-1-3-5-10;1-2-4-8(5-3-1)13-15-6-9-11(17-13)12-10(16-12)7-14-9;7-3-1-2-5-4(8)6-3/h1-7,11-12,14-16,21H,8-9H2,(H,18,20,22);1-5,9-13H,6-7H2;1-2H,(H2,5,6,7,8)/t11-,12-,14+,15-,16?;9-,10+,11-,12+,13?;/m11./s1. The summed E-state index contributed by atoms with van der Waals surface area (Å²) in [5.41, 5.74) is -0.0430. The first kappa shape index (κ1) is 34.0. The Labute approximate surface area is 283 Å². The normalized spacial score (nSPS) is 32.3. The maximum atomic E-state index is 12.0. The van der Waals surface area contributed by atoms with Crippen molar-refractivity contribution < 1.29 is 38.3 Å². The lowest BCUT2D eigenvalue weighted by Gasteiger charge is -2.44. The molecule has 9 rings (SSSR count). The summed E-state index contributed by atoms with van der Waals surface area (Å²) in [5, 5.41) is 10.8. The van der Waals surface area contributed by atoms with Gasteiger partial charge in [0.15, 0.2) is 12.6 Å². The van der Waals surface area contributed by atoms with Crippen molar-refractivity contribution in [2.24, 2.45) is 0 Å². The molecule has 4 aromatic rings. The maximum absolute atomic E-state index is 12.0. The van der Waals surface area contributed by atoms with Gasteiger partial charge in [0.1, 0.15) is 42.7 Å². The number of ether oxygens (including phenoxy) is 7. The third kappa shape index (κ3) is 7.77. The van der Waals surface area contributed by atoms with E-state index in [9.17, 15) is 24.3 Å². The minimum Gasteiger partial charge on any atom is -0.388 e. The van der Waals surface area contributed by atoms with Crippen LogP contribution in [0.5, 0.6) is 0 Å². The number of fused-ring (bicyclic) bond motifs is 4. The quantitative estimate of drug-likeness (QED) is 0.214. The largest absolute Gasteiger partial charge is 0.388 e. The van der Waals surface area contributed by atoms with Crippen LogP contribution in [0.2, 0.25) is 0 Å². The van der Waals surface area contributed by atoms with Gasteiger partial charge >= 0.3 is 11.4 Å². The Hall–Kier alpha value is -4.52. The van der Waals surface area contributed by atoms with Crippen LogP contribution < -0.4 is 22.5 Å². The maximum Gasteiger partial charge on any atom is 0.328 e. The molecule has 50 heavy (non-hydrogen) atoms. The molecule has 7 heterocycles. The molecule has 10 atom stereocenters. The fraction of sp³-hybridized carbons (Fsp3) is 0.412. The zero-order chi connectivity index (χ0) is 34.6. The number of nitrogens with one attached hydrogen (secondary N) is 3. The second kappa shape index (κ2) is 15.2. The van der Waals surface area contributed by atoms with E-state index in [2.05, 4.69) is 9.97 Å². The Balaban J connectivity index is 0.000000134. The summed E-state index contributed by atoms with van der Waals surface area (Å²) >= 11 is 0. The summed E-state index contributed by atoms with van der Waals surface area (Å²) in [4.78, 5) is 50.1. The van der Waals surface area contributed by atoms with Crippen LogP contribution in [-0.2, 0) is 33.2 Å². The third-order valence-electron chi connectivity index (χ3n) is 8.79. The molecule has 0 radical (unpaired) electrons. The number of aromatic amines is 3. The van der Waals surface area contributed by atoms with E-state index in [0.29, 0.717) is 13.2 Å². The van der Waals surface area contributed by atoms with E-state index in [4.69, 9.17) is 33.2 Å². The number of epoxide rings is 1. The van der Waals surface area contributed by atoms with E-state index in [-0.39, 0.29) is 49.5 Å². The fourth-order valence-corrected chi connectivity index (χ4v) is 6.19. The molecule has 2 aromatic carbocycles. The van der Waals surface area contributed by atoms with Gasteiger partial charge in [0.2, 0.25) is 0 Å². The zero-order valence-electron chi connectivity index (χ0n) is 26.6. The Bertz CT molecular complexity index is 1920. The SMILES string of the molecule is O=c1cc[nH]c(=O)[nH]1.O=c1ccn([C@@H]2CO[C@@H]3COC(c4ccccc4)O[C@H]3[C@H]2O)c(=O)[nH]1.c1ccc(C2OC[C@H]3OC[C@@H]4O[C@@H]4[C@@H]3O2)cc1. The first-order valence-corrected chi connectivity index (χ1v) is 16.1. The van der Waals surface area contributed by atoms with Crippen molar-refractivity contribution in [3.63, 3.8) is 0 Å². The monoisotopic (exact) mass is 692 g/mol. The van der Waals surface area contributed by atoms with Gasteiger partial charge in [-0.2, -0.15) is 0 Å². The first-order valence-electron chi connectivity index (χ1n) is 16.1. The van der Waals surface area contributed by atoms with Gasteiger partial charge < -0.3 is 43.2 Å². The second-order valence-electron chi connectivity index (χ2n) is 12.1. The van der Waals surface area contributed by atoms with Crippen molar-refractivity contribution in [1.82, 2.24) is 19.5 Å². The van der Waals surface area contributed by atoms with Gasteiger partial charge in [0.05, 0.1) is 32.5 Å². The number of H-pyrrole nitrogens is 3. The molecular weight excluding hydrogens is 656 g/mol. The average molecular weight is 693 g/mol. The van der Waals surface area contributed by atoms with Crippen LogP contribution in [0.25, 0.3) is 0 Å². The number of aromatic nitrogens is 4. The van der Waals surface area contributed by atoms with Crippen LogP contribution in [0.1, 0.15) is 29.7 Å². The van der Waals surface area contributed by atoms with Crippen LogP contribution in [0, 0.1) is 0 Å². The highest BCUT2D eigenvalue weighted by molar-refractivity contribution is 5.18. The molecule has 5 fully saturated rings. The van der Waals surface area contributed by atoms with Crippen LogP contribution in [0.15, 0.2) is 104 Å². The molecule has 0 aliphatic carbocycles. The van der Waals surface area contributed by atoms with E-state index in [0.717, 1.165) is 11.1 Å². The molecular formula is C34H36N4O12. The fourth-order valence-electron chi connectivity index (χ4n) is 6.19. The van der Waals surface area contributed by atoms with Crippen LogP contribution in [-0.4, -0.2) is 93.8 Å². The number of aliphatic hydroxyl groups excluding tert-OH is 1. The molecule has 5 aliphatic heterocycles. The predicted octanol–water partition coefficient (Wildman–Crippen LogP) is 0.282. The highest BCUT2D eigenvalue weighted by Gasteiger charge is 2.55. The van der Waals surface area contributed by atoms with Crippen molar-refractivity contribution in [3.8, 4) is 0 Å². The smallest absolute Gasteiger partial charge is 0.328 e. The molecule has 5 saturated heterocycles. The highest BCUT2D eigenvalue weighted by atomic mass is 16.7. The van der Waals surface area contributed by atoms with Crippen molar-refractivity contribution in [2.45, 2.75) is 61.3 Å². The Morgan fingerprint density at radius 2 is 1.16 bits per heavy atom. The van der Waals surface area contributed by atoms with Gasteiger partial charge in [-0.1, -0.05) is 60.7 Å². The van der Waals surface area contributed by atoms with Gasteiger partial charge in [-0.25, -0.2) is 9.59 Å². The number of hydrogen-bond acceptors (Lipinski definition) is 12. The summed E-state index contributed by atoms with van der Waals surface area (Å²) in [6.45, 7) is 1.66. The Kier molecular flexibility index (Phi) is 10.3. The van der Waals surface area contributed by atoms with E-state index in [1.807, 2.05) is 65.6 Å². The summed E-state index contributed by atoms with van der Waals surface area (Å²) in [5.74, 6) is 0. The minimum absolute atomic E-state index is 0.0210. The van der Waals surface area contributed by atoms with Crippen molar-refractivity contribution in [2.75, 3.05) is 26.4 Å². The molecule has 5 aliphatic rings. The molecule has 0 bridgehead atoms. The third-order valence-corrected chi connectivity index (χ3v) is 8.79. The van der Waals surface area contributed by atoms with Gasteiger partial charge in [-0.05, 0) is 0 Å². The number of nitrogens with zero attached hydrogens (tertiary/aromatic N) is 1. The van der Waals surface area contributed by atoms with E-state index < -0.39 is 47.6 Å². The first-order chi connectivity index (χ1) is 24.3. The molecule has 0 saturated carbocycles. The number of benzene rings is 2. The Morgan fingerprint density at radius 1 is 0.600 bits per heavy atom. The molecule has 264 valence electrons. The zero-order valence-corrected chi connectivity index (χ0v) is 26.6. The highest BCUT2D eigenvalue weighted by Crippen LogP contribution is 2.40. The molecule has 0 amide bonds. The lowest BCUT2D eigenvalue weighted by atomic mass is 9.97. The van der Waals surface area contributed by atoms with Crippen molar-refractivity contribution in [3.05, 3.63) is 138 Å². The van der Waals surface area contributed by atoms with Gasteiger partial charge in [-0.3, -0.25) is 24.1 Å². The van der Waals surface area contributed by atoms with Gasteiger partial charge in [-0.15, -0.1) is 0 Å². The van der Waals surface area contributed by atoms with E-state index in [1.165, 1.54) is 29.1 Å². The number of aliphatic hydroxyl groups is 1. The second-order valence-corrected chi connectivity index (χ2v) is 12.1. The number of rotatable bonds is 3. The summed E-state index contributed by atoms with van der Waals surface area (Å²) in [6.07, 6.45) is 0.226. The molecule has 2 aromatic heterocycles. The summed E-state index contributed by atoms with van der Waals surface area (Å²) < 4.78 is 41.4. The molecule has 16 heteroatoms. The topological polar surface area (TPSA) is 209 Å². The molecule has 4 N–H and O–H groups in total. The van der Waals surface area contributed by atoms with E-state index >= 15 is 0 Å². The van der Waals surface area contributed by atoms with Crippen molar-refractivity contribution >= 4 is 0 Å². The summed E-state index contributed by atoms with van der Waals surface area (Å²) in [7, 11) is 0. The minimum atomic E-state index is -0.975. The Morgan fingerprint density at radius 3 is 1.76 bits per heavy atom. The molecule has 2 unspecified atom stereocenters. The average Bonchev–Trinajstić information content (AvgIpc) is 3.94. The lowest BCUT2D eigenvalue weighted by molar-refractivity contribution is -0.306. The van der Waals surface area contributed by atoms with Crippen LogP contribution in [0.3, 0.4) is 0 Å². The predicted molar refractivity (Wildman–Crippen MR) is 172 cm³/mol. The van der Waals surface area contributed by atoms with Crippen molar-refractivity contribution in [1.29, 1.82) is 0 Å². The van der Waals surface area contributed by atoms with Crippen LogP contribution >= 0.6 is 0 Å². The van der Waals surface area contributed by atoms with Gasteiger partial charge in [0.25, 0.3) is 11.1 Å². The number of hydrogen-bond donors (Lipinski definition) is 4. The molecule has 16 nitrogen and oxygen atoms in total. The molecule has 0 spiro atoms. The van der Waals surface area contributed by atoms with E-state index in [1.54, 1.807) is 0 Å². The summed E-state index contributed by atoms with van der Waals surface area (Å²) in [6, 6.07) is 21.2. The lowest BCUT2D eigenvalue weighted by Crippen LogP contribution is -2.57. The van der Waals surface area contributed by atoms with Gasteiger partial charge in [0, 0.05) is 35.7 Å².